The van der Waals surface area contributed by atoms with E-state index in [4.69, 9.17) is 4.74 Å². The van der Waals surface area contributed by atoms with Gasteiger partial charge in [-0.05, 0) is 18.6 Å². The first kappa shape index (κ1) is 11.8. The summed E-state index contributed by atoms with van der Waals surface area (Å²) in [6.45, 7) is 4.10. The number of para-hydroxylation sites is 1. The van der Waals surface area contributed by atoms with Crippen molar-refractivity contribution in [2.45, 2.75) is 18.9 Å². The predicted octanol–water partition coefficient (Wildman–Crippen LogP) is 2.02. The lowest BCUT2D eigenvalue weighted by molar-refractivity contribution is -0.0501. The highest BCUT2D eigenvalue weighted by Crippen LogP contribution is 2.30. The van der Waals surface area contributed by atoms with E-state index in [1.54, 1.807) is 0 Å². The number of nitrogens with zero attached hydrogens (tertiary/aromatic N) is 1. The lowest BCUT2D eigenvalue weighted by Gasteiger charge is -2.41. The van der Waals surface area contributed by atoms with E-state index < -0.39 is 0 Å². The smallest absolute Gasteiger partial charge is 0.0966 e. The predicted molar refractivity (Wildman–Crippen MR) is 74.0 cm³/mol. The number of hydrogen-bond acceptors (Lipinski definition) is 2. The highest BCUT2D eigenvalue weighted by Gasteiger charge is 2.38. The fraction of sp³-hybridized carbons (Fsp3) is 0.467. The molecule has 0 aliphatic carbocycles. The number of nitrogens with one attached hydrogen (secondary N) is 1. The van der Waals surface area contributed by atoms with Crippen molar-refractivity contribution in [3.05, 3.63) is 35.5 Å². The third-order valence-corrected chi connectivity index (χ3v) is 4.36. The summed E-state index contributed by atoms with van der Waals surface area (Å²) in [5, 5.41) is 4.68. The standard InChI is InChI=1S/C15H20N2O/c1-11-13(8-15(18-3)9-16-10-15)12-6-4-5-7-14(12)17(11)2/h4-7,16H,8-10H2,1-3H3. The van der Waals surface area contributed by atoms with E-state index in [2.05, 4.69) is 48.1 Å². The highest BCUT2D eigenvalue weighted by molar-refractivity contribution is 5.85. The normalized spacial score (nSPS) is 17.9. The molecule has 2 heterocycles. The summed E-state index contributed by atoms with van der Waals surface area (Å²) in [5.41, 5.74) is 4.08. The number of benzene rings is 1. The number of fused-ring (bicyclic) bond motifs is 1. The van der Waals surface area contributed by atoms with Gasteiger partial charge in [0.25, 0.3) is 0 Å². The second-order valence-corrected chi connectivity index (χ2v) is 5.31. The van der Waals surface area contributed by atoms with Crippen molar-refractivity contribution in [2.24, 2.45) is 7.05 Å². The van der Waals surface area contributed by atoms with E-state index in [9.17, 15) is 0 Å². The van der Waals surface area contributed by atoms with E-state index in [-0.39, 0.29) is 5.60 Å². The molecule has 0 bridgehead atoms. The Labute approximate surface area is 108 Å². The molecular formula is C15H20N2O. The molecule has 3 nitrogen and oxygen atoms in total. The van der Waals surface area contributed by atoms with Crippen LogP contribution in [0.4, 0.5) is 0 Å². The molecule has 18 heavy (non-hydrogen) atoms. The topological polar surface area (TPSA) is 26.2 Å². The van der Waals surface area contributed by atoms with E-state index in [0.29, 0.717) is 0 Å². The van der Waals surface area contributed by atoms with Gasteiger partial charge >= 0.3 is 0 Å². The van der Waals surface area contributed by atoms with Crippen LogP contribution in [-0.4, -0.2) is 30.4 Å². The van der Waals surface area contributed by atoms with Gasteiger partial charge in [-0.15, -0.1) is 0 Å². The number of aryl methyl sites for hydroxylation is 1. The Kier molecular flexibility index (Phi) is 2.68. The summed E-state index contributed by atoms with van der Waals surface area (Å²) in [7, 11) is 3.96. The van der Waals surface area contributed by atoms with Crippen LogP contribution in [0.1, 0.15) is 11.3 Å². The van der Waals surface area contributed by atoms with Crippen molar-refractivity contribution in [3.63, 3.8) is 0 Å². The summed E-state index contributed by atoms with van der Waals surface area (Å²) in [6, 6.07) is 8.61. The Morgan fingerprint density at radius 3 is 2.67 bits per heavy atom. The lowest BCUT2D eigenvalue weighted by Crippen LogP contribution is -2.61. The molecule has 0 radical (unpaired) electrons. The molecule has 1 aromatic heterocycles. The van der Waals surface area contributed by atoms with Gasteiger partial charge in [0.1, 0.15) is 0 Å². The maximum Gasteiger partial charge on any atom is 0.0966 e. The molecule has 1 N–H and O–H groups in total. The molecule has 1 aliphatic rings. The van der Waals surface area contributed by atoms with Gasteiger partial charge in [0.2, 0.25) is 0 Å². The third kappa shape index (κ3) is 1.58. The molecule has 0 spiro atoms. The summed E-state index contributed by atoms with van der Waals surface area (Å²) in [5.74, 6) is 0. The van der Waals surface area contributed by atoms with Gasteiger partial charge in [-0.25, -0.2) is 0 Å². The molecule has 3 heteroatoms. The third-order valence-electron chi connectivity index (χ3n) is 4.36. The average Bonchev–Trinajstić information content (AvgIpc) is 2.59. The van der Waals surface area contributed by atoms with Gasteiger partial charge in [0.15, 0.2) is 0 Å². The van der Waals surface area contributed by atoms with E-state index >= 15 is 0 Å². The lowest BCUT2D eigenvalue weighted by atomic mass is 9.87. The van der Waals surface area contributed by atoms with Gasteiger partial charge in [-0.3, -0.25) is 0 Å². The van der Waals surface area contributed by atoms with Crippen LogP contribution in [0.5, 0.6) is 0 Å². The first-order chi connectivity index (χ1) is 8.67. The minimum atomic E-state index is -0.00507. The van der Waals surface area contributed by atoms with Crippen LogP contribution in [0, 0.1) is 6.92 Å². The van der Waals surface area contributed by atoms with Crippen LogP contribution in [0.3, 0.4) is 0 Å². The molecule has 1 aliphatic heterocycles. The van der Waals surface area contributed by atoms with Crippen molar-refractivity contribution >= 4 is 10.9 Å². The Morgan fingerprint density at radius 1 is 1.33 bits per heavy atom. The molecule has 0 saturated carbocycles. The zero-order chi connectivity index (χ0) is 12.8. The molecular weight excluding hydrogens is 224 g/mol. The van der Waals surface area contributed by atoms with Gasteiger partial charge in [-0.2, -0.15) is 0 Å². The number of ether oxygens (including phenoxy) is 1. The van der Waals surface area contributed by atoms with Crippen LogP contribution in [-0.2, 0) is 18.2 Å². The molecule has 0 unspecified atom stereocenters. The van der Waals surface area contributed by atoms with Crippen molar-refractivity contribution in [2.75, 3.05) is 20.2 Å². The van der Waals surface area contributed by atoms with Crippen LogP contribution in [0.25, 0.3) is 10.9 Å². The Bertz CT molecular complexity index is 576. The molecule has 1 saturated heterocycles. The zero-order valence-corrected chi connectivity index (χ0v) is 11.3. The number of methoxy groups -OCH3 is 1. The van der Waals surface area contributed by atoms with Gasteiger partial charge in [-0.1, -0.05) is 18.2 Å². The van der Waals surface area contributed by atoms with Crippen LogP contribution in [0.15, 0.2) is 24.3 Å². The first-order valence-electron chi connectivity index (χ1n) is 6.46. The fourth-order valence-corrected chi connectivity index (χ4v) is 2.89. The van der Waals surface area contributed by atoms with Crippen LogP contribution in [0.2, 0.25) is 0 Å². The highest BCUT2D eigenvalue weighted by atomic mass is 16.5. The Balaban J connectivity index is 2.09. The second kappa shape index (κ2) is 4.11. The molecule has 3 rings (SSSR count). The maximum atomic E-state index is 5.72. The second-order valence-electron chi connectivity index (χ2n) is 5.31. The van der Waals surface area contributed by atoms with Crippen molar-refractivity contribution in [3.8, 4) is 0 Å². The quantitative estimate of drug-likeness (QED) is 0.894. The fourth-order valence-electron chi connectivity index (χ4n) is 2.89. The van der Waals surface area contributed by atoms with Gasteiger partial charge in [0.05, 0.1) is 5.60 Å². The van der Waals surface area contributed by atoms with Gasteiger partial charge < -0.3 is 14.6 Å². The van der Waals surface area contributed by atoms with Crippen LogP contribution < -0.4 is 5.32 Å². The van der Waals surface area contributed by atoms with E-state index in [1.165, 1.54) is 22.2 Å². The number of rotatable bonds is 3. The summed E-state index contributed by atoms with van der Waals surface area (Å²) in [4.78, 5) is 0. The number of hydrogen-bond donors (Lipinski definition) is 1. The molecule has 1 fully saturated rings. The molecule has 2 aromatic rings. The minimum absolute atomic E-state index is 0.00507. The van der Waals surface area contributed by atoms with Crippen molar-refractivity contribution < 1.29 is 4.74 Å². The largest absolute Gasteiger partial charge is 0.375 e. The maximum absolute atomic E-state index is 5.72. The molecule has 0 atom stereocenters. The zero-order valence-electron chi connectivity index (χ0n) is 11.3. The molecule has 1 aromatic carbocycles. The Hall–Kier alpha value is -1.32. The molecule has 96 valence electrons. The summed E-state index contributed by atoms with van der Waals surface area (Å²) >= 11 is 0. The van der Waals surface area contributed by atoms with Crippen molar-refractivity contribution in [1.82, 2.24) is 9.88 Å². The average molecular weight is 244 g/mol. The van der Waals surface area contributed by atoms with E-state index in [1.807, 2.05) is 7.11 Å². The Morgan fingerprint density at radius 2 is 2.06 bits per heavy atom. The van der Waals surface area contributed by atoms with E-state index in [0.717, 1.165) is 19.5 Å². The first-order valence-corrected chi connectivity index (χ1v) is 6.46. The molecule has 0 amide bonds. The summed E-state index contributed by atoms with van der Waals surface area (Å²) < 4.78 is 8.00. The summed E-state index contributed by atoms with van der Waals surface area (Å²) in [6.07, 6.45) is 0.990. The van der Waals surface area contributed by atoms with Crippen LogP contribution >= 0.6 is 0 Å². The number of aromatic nitrogens is 1. The SMILES string of the molecule is COC1(Cc2c(C)n(C)c3ccccc23)CNC1. The van der Waals surface area contributed by atoms with Gasteiger partial charge in [0, 0.05) is 50.3 Å². The van der Waals surface area contributed by atoms with Crippen molar-refractivity contribution in [1.29, 1.82) is 0 Å². The monoisotopic (exact) mass is 244 g/mol. The minimum Gasteiger partial charge on any atom is -0.375 e.